The second-order valence-corrected chi connectivity index (χ2v) is 6.95. The summed E-state index contributed by atoms with van der Waals surface area (Å²) in [6, 6.07) is 14.1. The second kappa shape index (κ2) is 9.93. The number of carbonyl (C=O) groups is 2. The SMILES string of the molecule is COc1ccc(OCCNC(=O)c2ccc(C(=O)N3CCN(C)CC3)cc2)cc1. The highest BCUT2D eigenvalue weighted by Gasteiger charge is 2.20. The summed E-state index contributed by atoms with van der Waals surface area (Å²) in [6.07, 6.45) is 0. The number of benzene rings is 2. The Morgan fingerprint density at radius 3 is 2.10 bits per heavy atom. The van der Waals surface area contributed by atoms with Gasteiger partial charge in [-0.15, -0.1) is 0 Å². The number of carbonyl (C=O) groups excluding carboxylic acids is 2. The summed E-state index contributed by atoms with van der Waals surface area (Å²) in [5.41, 5.74) is 1.12. The molecule has 2 aromatic carbocycles. The minimum atomic E-state index is -0.193. The van der Waals surface area contributed by atoms with E-state index in [1.807, 2.05) is 29.2 Å². The van der Waals surface area contributed by atoms with E-state index in [-0.39, 0.29) is 11.8 Å². The fourth-order valence-corrected chi connectivity index (χ4v) is 3.06. The molecule has 1 heterocycles. The number of rotatable bonds is 7. The van der Waals surface area contributed by atoms with Gasteiger partial charge in [-0.1, -0.05) is 0 Å². The molecule has 2 amide bonds. The highest BCUT2D eigenvalue weighted by atomic mass is 16.5. The van der Waals surface area contributed by atoms with Crippen molar-refractivity contribution in [2.45, 2.75) is 0 Å². The van der Waals surface area contributed by atoms with Crippen molar-refractivity contribution >= 4 is 11.8 Å². The van der Waals surface area contributed by atoms with Gasteiger partial charge in [0, 0.05) is 37.3 Å². The van der Waals surface area contributed by atoms with Crippen LogP contribution in [0.1, 0.15) is 20.7 Å². The van der Waals surface area contributed by atoms with Gasteiger partial charge in [0.1, 0.15) is 18.1 Å². The van der Waals surface area contributed by atoms with E-state index in [0.717, 1.165) is 31.9 Å². The molecule has 1 fully saturated rings. The van der Waals surface area contributed by atoms with Crippen LogP contribution in [0.5, 0.6) is 11.5 Å². The van der Waals surface area contributed by atoms with Crippen molar-refractivity contribution in [3.05, 3.63) is 59.7 Å². The smallest absolute Gasteiger partial charge is 0.253 e. The van der Waals surface area contributed by atoms with Crippen LogP contribution in [-0.2, 0) is 0 Å². The molecule has 1 saturated heterocycles. The van der Waals surface area contributed by atoms with Gasteiger partial charge in [0.2, 0.25) is 0 Å². The Morgan fingerprint density at radius 2 is 1.48 bits per heavy atom. The van der Waals surface area contributed by atoms with Gasteiger partial charge in [-0.05, 0) is 55.6 Å². The Morgan fingerprint density at radius 1 is 0.897 bits per heavy atom. The largest absolute Gasteiger partial charge is 0.497 e. The monoisotopic (exact) mass is 397 g/mol. The van der Waals surface area contributed by atoms with Gasteiger partial charge in [0.05, 0.1) is 13.7 Å². The molecule has 1 aliphatic heterocycles. The van der Waals surface area contributed by atoms with E-state index in [2.05, 4.69) is 17.3 Å². The predicted molar refractivity (Wildman–Crippen MR) is 111 cm³/mol. The molecular formula is C22H27N3O4. The number of hydrogen-bond donors (Lipinski definition) is 1. The first-order valence-corrected chi connectivity index (χ1v) is 9.70. The van der Waals surface area contributed by atoms with Gasteiger partial charge in [0.15, 0.2) is 0 Å². The van der Waals surface area contributed by atoms with Crippen LogP contribution in [0.2, 0.25) is 0 Å². The average molecular weight is 397 g/mol. The lowest BCUT2D eigenvalue weighted by molar-refractivity contribution is 0.0663. The quantitative estimate of drug-likeness (QED) is 0.723. The topological polar surface area (TPSA) is 71.1 Å². The fraction of sp³-hybridized carbons (Fsp3) is 0.364. The van der Waals surface area contributed by atoms with Gasteiger partial charge in [0.25, 0.3) is 11.8 Å². The number of nitrogens with one attached hydrogen (secondary N) is 1. The summed E-state index contributed by atoms with van der Waals surface area (Å²) in [5.74, 6) is 1.30. The summed E-state index contributed by atoms with van der Waals surface area (Å²) in [6.45, 7) is 3.96. The van der Waals surface area contributed by atoms with Crippen molar-refractivity contribution < 1.29 is 19.1 Å². The molecule has 0 radical (unpaired) electrons. The highest BCUT2D eigenvalue weighted by molar-refractivity contribution is 5.97. The van der Waals surface area contributed by atoms with Gasteiger partial charge in [-0.2, -0.15) is 0 Å². The number of likely N-dealkylation sites (N-methyl/N-ethyl adjacent to an activating group) is 1. The fourth-order valence-electron chi connectivity index (χ4n) is 3.06. The van der Waals surface area contributed by atoms with Crippen molar-refractivity contribution in [1.82, 2.24) is 15.1 Å². The summed E-state index contributed by atoms with van der Waals surface area (Å²) in [5, 5.41) is 2.82. The molecule has 0 unspecified atom stereocenters. The van der Waals surface area contributed by atoms with Crippen LogP contribution >= 0.6 is 0 Å². The molecule has 29 heavy (non-hydrogen) atoms. The summed E-state index contributed by atoms with van der Waals surface area (Å²) in [7, 11) is 3.66. The number of methoxy groups -OCH3 is 1. The number of hydrogen-bond acceptors (Lipinski definition) is 5. The minimum absolute atomic E-state index is 0.0120. The Balaban J connectivity index is 1.44. The highest BCUT2D eigenvalue weighted by Crippen LogP contribution is 2.16. The molecule has 1 N–H and O–H groups in total. The van der Waals surface area contributed by atoms with E-state index in [0.29, 0.717) is 30.0 Å². The zero-order valence-electron chi connectivity index (χ0n) is 16.9. The van der Waals surface area contributed by atoms with Crippen LogP contribution in [0, 0.1) is 0 Å². The molecule has 0 bridgehead atoms. The summed E-state index contributed by atoms with van der Waals surface area (Å²) < 4.78 is 10.7. The molecule has 0 spiro atoms. The Labute approximate surface area is 171 Å². The van der Waals surface area contributed by atoms with E-state index in [9.17, 15) is 9.59 Å². The Bertz CT molecular complexity index is 813. The molecule has 1 aliphatic rings. The minimum Gasteiger partial charge on any atom is -0.497 e. The third-order valence-corrected chi connectivity index (χ3v) is 4.90. The first-order valence-electron chi connectivity index (χ1n) is 9.70. The second-order valence-electron chi connectivity index (χ2n) is 6.95. The van der Waals surface area contributed by atoms with Crippen molar-refractivity contribution in [3.63, 3.8) is 0 Å². The third kappa shape index (κ3) is 5.71. The zero-order chi connectivity index (χ0) is 20.6. The maximum atomic E-state index is 12.6. The van der Waals surface area contributed by atoms with Crippen LogP contribution in [0.4, 0.5) is 0 Å². The van der Waals surface area contributed by atoms with Gasteiger partial charge >= 0.3 is 0 Å². The van der Waals surface area contributed by atoms with Gasteiger partial charge < -0.3 is 24.6 Å². The van der Waals surface area contributed by atoms with Crippen molar-refractivity contribution in [3.8, 4) is 11.5 Å². The Hall–Kier alpha value is -3.06. The Kier molecular flexibility index (Phi) is 7.08. The number of ether oxygens (including phenoxy) is 2. The number of nitrogens with zero attached hydrogens (tertiary/aromatic N) is 2. The first-order chi connectivity index (χ1) is 14.1. The van der Waals surface area contributed by atoms with Crippen LogP contribution < -0.4 is 14.8 Å². The van der Waals surface area contributed by atoms with Crippen LogP contribution in [0.15, 0.2) is 48.5 Å². The molecule has 0 aliphatic carbocycles. The summed E-state index contributed by atoms with van der Waals surface area (Å²) >= 11 is 0. The lowest BCUT2D eigenvalue weighted by Gasteiger charge is -2.32. The van der Waals surface area contributed by atoms with E-state index < -0.39 is 0 Å². The molecule has 2 aromatic rings. The number of piperazine rings is 1. The lowest BCUT2D eigenvalue weighted by Crippen LogP contribution is -2.47. The molecule has 0 saturated carbocycles. The van der Waals surface area contributed by atoms with Gasteiger partial charge in [-0.25, -0.2) is 0 Å². The van der Waals surface area contributed by atoms with E-state index in [1.165, 1.54) is 0 Å². The standard InChI is InChI=1S/C22H27N3O4/c1-24-12-14-25(15-13-24)22(27)18-5-3-17(4-6-18)21(26)23-11-16-29-20-9-7-19(28-2)8-10-20/h3-10H,11-16H2,1-2H3,(H,23,26). The summed E-state index contributed by atoms with van der Waals surface area (Å²) in [4.78, 5) is 28.9. The molecule has 154 valence electrons. The van der Waals surface area contributed by atoms with E-state index in [4.69, 9.17) is 9.47 Å². The molecule has 0 atom stereocenters. The average Bonchev–Trinajstić information content (AvgIpc) is 2.77. The normalized spacial score (nSPS) is 14.3. The molecule has 7 heteroatoms. The third-order valence-electron chi connectivity index (χ3n) is 4.90. The van der Waals surface area contributed by atoms with Crippen LogP contribution in [0.25, 0.3) is 0 Å². The maximum absolute atomic E-state index is 12.6. The predicted octanol–water partition coefficient (Wildman–Crippen LogP) is 1.89. The van der Waals surface area contributed by atoms with Crippen molar-refractivity contribution in [2.24, 2.45) is 0 Å². The van der Waals surface area contributed by atoms with Crippen LogP contribution in [-0.4, -0.2) is 75.1 Å². The molecule has 7 nitrogen and oxygen atoms in total. The maximum Gasteiger partial charge on any atom is 0.253 e. The van der Waals surface area contributed by atoms with Crippen molar-refractivity contribution in [1.29, 1.82) is 0 Å². The van der Waals surface area contributed by atoms with Crippen molar-refractivity contribution in [2.75, 3.05) is 53.5 Å². The molecule has 0 aromatic heterocycles. The zero-order valence-corrected chi connectivity index (χ0v) is 16.9. The molecule has 3 rings (SSSR count). The lowest BCUT2D eigenvalue weighted by atomic mass is 10.1. The van der Waals surface area contributed by atoms with E-state index in [1.54, 1.807) is 31.4 Å². The van der Waals surface area contributed by atoms with E-state index >= 15 is 0 Å². The first kappa shape index (κ1) is 20.7. The molecular weight excluding hydrogens is 370 g/mol. The van der Waals surface area contributed by atoms with Gasteiger partial charge in [-0.3, -0.25) is 9.59 Å². The van der Waals surface area contributed by atoms with Crippen LogP contribution in [0.3, 0.4) is 0 Å². The number of amides is 2.